The van der Waals surface area contributed by atoms with Crippen molar-refractivity contribution in [2.24, 2.45) is 0 Å². The van der Waals surface area contributed by atoms with Gasteiger partial charge in [0.25, 0.3) is 5.91 Å². The van der Waals surface area contributed by atoms with Crippen LogP contribution in [0, 0.1) is 0 Å². The van der Waals surface area contributed by atoms with E-state index in [1.165, 1.54) is 33.1 Å². The van der Waals surface area contributed by atoms with Crippen LogP contribution >= 0.6 is 0 Å². The SMILES string of the molecule is COC(=O)c1ccc(/C=C/C(=O)OC(C)C(=O)Nc2ccccc2C(C)=O)cc1. The van der Waals surface area contributed by atoms with Gasteiger partial charge in [-0.05, 0) is 49.8 Å². The highest BCUT2D eigenvalue weighted by Gasteiger charge is 2.18. The second-order valence-electron chi connectivity index (χ2n) is 6.12. The van der Waals surface area contributed by atoms with E-state index in [1.54, 1.807) is 48.5 Å². The summed E-state index contributed by atoms with van der Waals surface area (Å²) in [7, 11) is 1.29. The average Bonchev–Trinajstić information content (AvgIpc) is 2.72. The molecule has 0 aromatic heterocycles. The summed E-state index contributed by atoms with van der Waals surface area (Å²) in [5.74, 6) is -1.90. The Hall–Kier alpha value is -3.74. The van der Waals surface area contributed by atoms with Gasteiger partial charge in [-0.25, -0.2) is 9.59 Å². The number of anilines is 1. The summed E-state index contributed by atoms with van der Waals surface area (Å²) >= 11 is 0. The largest absolute Gasteiger partial charge is 0.465 e. The van der Waals surface area contributed by atoms with Gasteiger partial charge in [-0.3, -0.25) is 9.59 Å². The molecule has 0 fully saturated rings. The molecule has 7 nitrogen and oxygen atoms in total. The summed E-state index contributed by atoms with van der Waals surface area (Å²) in [4.78, 5) is 47.2. The monoisotopic (exact) mass is 395 g/mol. The number of carbonyl (C=O) groups excluding carboxylic acids is 4. The van der Waals surface area contributed by atoms with E-state index in [0.717, 1.165) is 0 Å². The number of Topliss-reactive ketones (excluding diaryl/α,β-unsaturated/α-hetero) is 1. The summed E-state index contributed by atoms with van der Waals surface area (Å²) in [5, 5.41) is 2.59. The number of ether oxygens (including phenoxy) is 2. The normalized spacial score (nSPS) is 11.6. The van der Waals surface area contributed by atoms with E-state index in [2.05, 4.69) is 10.1 Å². The van der Waals surface area contributed by atoms with Gasteiger partial charge in [0.2, 0.25) is 0 Å². The van der Waals surface area contributed by atoms with Gasteiger partial charge in [0.05, 0.1) is 18.4 Å². The average molecular weight is 395 g/mol. The van der Waals surface area contributed by atoms with Crippen LogP contribution in [0.2, 0.25) is 0 Å². The zero-order valence-corrected chi connectivity index (χ0v) is 16.3. The maximum Gasteiger partial charge on any atom is 0.337 e. The van der Waals surface area contributed by atoms with Crippen molar-refractivity contribution in [3.05, 3.63) is 71.3 Å². The summed E-state index contributed by atoms with van der Waals surface area (Å²) in [6.45, 7) is 2.83. The molecule has 29 heavy (non-hydrogen) atoms. The number of hydrogen-bond donors (Lipinski definition) is 1. The number of ketones is 1. The second kappa shape index (κ2) is 9.98. The molecule has 7 heteroatoms. The van der Waals surface area contributed by atoms with E-state index in [9.17, 15) is 19.2 Å². The molecule has 0 bridgehead atoms. The molecule has 1 atom stereocenters. The highest BCUT2D eigenvalue weighted by atomic mass is 16.5. The zero-order valence-electron chi connectivity index (χ0n) is 16.3. The lowest BCUT2D eigenvalue weighted by molar-refractivity contribution is -0.148. The first-order valence-corrected chi connectivity index (χ1v) is 8.79. The fraction of sp³-hybridized carbons (Fsp3) is 0.182. The molecule has 0 saturated heterocycles. The van der Waals surface area contributed by atoms with Crippen molar-refractivity contribution in [2.45, 2.75) is 20.0 Å². The Balaban J connectivity index is 1.94. The number of nitrogens with one attached hydrogen (secondary N) is 1. The van der Waals surface area contributed by atoms with Gasteiger partial charge in [0.1, 0.15) is 0 Å². The fourth-order valence-electron chi connectivity index (χ4n) is 2.41. The number of amides is 1. The maximum absolute atomic E-state index is 12.3. The topological polar surface area (TPSA) is 98.8 Å². The van der Waals surface area contributed by atoms with Crippen LogP contribution in [0.15, 0.2) is 54.6 Å². The molecule has 1 unspecified atom stereocenters. The van der Waals surface area contributed by atoms with Crippen LogP contribution < -0.4 is 5.32 Å². The smallest absolute Gasteiger partial charge is 0.337 e. The Kier molecular flexibility index (Phi) is 7.42. The Morgan fingerprint density at radius 1 is 1.00 bits per heavy atom. The van der Waals surface area contributed by atoms with E-state index in [-0.39, 0.29) is 5.78 Å². The molecule has 1 amide bonds. The van der Waals surface area contributed by atoms with Crippen LogP contribution in [-0.4, -0.2) is 36.8 Å². The summed E-state index contributed by atoms with van der Waals surface area (Å²) in [6, 6.07) is 13.0. The molecule has 0 aliphatic carbocycles. The molecule has 2 aromatic carbocycles. The molecule has 0 aliphatic heterocycles. The molecule has 2 rings (SSSR count). The quantitative estimate of drug-likeness (QED) is 0.439. The van der Waals surface area contributed by atoms with Gasteiger partial charge in [0.15, 0.2) is 11.9 Å². The van der Waals surface area contributed by atoms with Crippen molar-refractivity contribution in [2.75, 3.05) is 12.4 Å². The molecule has 150 valence electrons. The van der Waals surface area contributed by atoms with Crippen molar-refractivity contribution in [3.8, 4) is 0 Å². The lowest BCUT2D eigenvalue weighted by Crippen LogP contribution is -2.30. The standard InChI is InChI=1S/C22H21NO6/c1-14(24)18-6-4-5-7-19(18)23-21(26)15(2)29-20(25)13-10-16-8-11-17(12-9-16)22(27)28-3/h4-13,15H,1-3H3,(H,23,26)/b13-10+. The number of benzene rings is 2. The Bertz CT molecular complexity index is 946. The molecular weight excluding hydrogens is 374 g/mol. The van der Waals surface area contributed by atoms with E-state index >= 15 is 0 Å². The van der Waals surface area contributed by atoms with E-state index in [1.807, 2.05) is 0 Å². The van der Waals surface area contributed by atoms with Crippen LogP contribution in [0.1, 0.15) is 40.1 Å². The molecule has 0 spiro atoms. The Morgan fingerprint density at radius 2 is 1.66 bits per heavy atom. The number of para-hydroxylation sites is 1. The third kappa shape index (κ3) is 6.14. The van der Waals surface area contributed by atoms with Crippen LogP contribution in [0.25, 0.3) is 6.08 Å². The van der Waals surface area contributed by atoms with Crippen LogP contribution in [-0.2, 0) is 19.1 Å². The van der Waals surface area contributed by atoms with Crippen molar-refractivity contribution >= 4 is 35.4 Å². The second-order valence-corrected chi connectivity index (χ2v) is 6.12. The van der Waals surface area contributed by atoms with Crippen molar-refractivity contribution in [3.63, 3.8) is 0 Å². The number of rotatable bonds is 7. The third-order valence-corrected chi connectivity index (χ3v) is 3.97. The van der Waals surface area contributed by atoms with E-state index in [4.69, 9.17) is 4.74 Å². The maximum atomic E-state index is 12.3. The van der Waals surface area contributed by atoms with Gasteiger partial charge < -0.3 is 14.8 Å². The Labute approximate surface area is 168 Å². The fourth-order valence-corrected chi connectivity index (χ4v) is 2.41. The van der Waals surface area contributed by atoms with Crippen LogP contribution in [0.4, 0.5) is 5.69 Å². The molecule has 0 saturated carbocycles. The number of hydrogen-bond acceptors (Lipinski definition) is 6. The number of carbonyl (C=O) groups is 4. The Morgan fingerprint density at radius 3 is 2.28 bits per heavy atom. The minimum Gasteiger partial charge on any atom is -0.465 e. The molecule has 0 radical (unpaired) electrons. The molecule has 0 aliphatic rings. The van der Waals surface area contributed by atoms with Crippen LogP contribution in [0.5, 0.6) is 0 Å². The molecular formula is C22H21NO6. The summed E-state index contributed by atoms with van der Waals surface area (Å²) < 4.78 is 9.70. The van der Waals surface area contributed by atoms with Crippen molar-refractivity contribution < 1.29 is 28.7 Å². The first kappa shape index (κ1) is 21.6. The van der Waals surface area contributed by atoms with Crippen LogP contribution in [0.3, 0.4) is 0 Å². The first-order chi connectivity index (χ1) is 13.8. The van der Waals surface area contributed by atoms with E-state index in [0.29, 0.717) is 22.4 Å². The number of esters is 2. The van der Waals surface area contributed by atoms with Gasteiger partial charge in [0, 0.05) is 11.6 Å². The lowest BCUT2D eigenvalue weighted by atomic mass is 10.1. The third-order valence-electron chi connectivity index (χ3n) is 3.97. The highest BCUT2D eigenvalue weighted by Crippen LogP contribution is 2.16. The van der Waals surface area contributed by atoms with Gasteiger partial charge in [-0.2, -0.15) is 0 Å². The van der Waals surface area contributed by atoms with E-state index < -0.39 is 23.9 Å². The van der Waals surface area contributed by atoms with Crippen molar-refractivity contribution in [1.82, 2.24) is 0 Å². The summed E-state index contributed by atoms with van der Waals surface area (Å²) in [6.07, 6.45) is 1.62. The molecule has 1 N–H and O–H groups in total. The van der Waals surface area contributed by atoms with Gasteiger partial charge >= 0.3 is 11.9 Å². The van der Waals surface area contributed by atoms with Gasteiger partial charge in [-0.15, -0.1) is 0 Å². The molecule has 2 aromatic rings. The predicted octanol–water partition coefficient (Wildman–Crippen LogP) is 3.26. The molecule has 0 heterocycles. The predicted molar refractivity (Wildman–Crippen MR) is 107 cm³/mol. The lowest BCUT2D eigenvalue weighted by Gasteiger charge is -2.14. The minimum absolute atomic E-state index is 0.188. The van der Waals surface area contributed by atoms with Crippen molar-refractivity contribution in [1.29, 1.82) is 0 Å². The minimum atomic E-state index is -1.06. The first-order valence-electron chi connectivity index (χ1n) is 8.79. The number of methoxy groups -OCH3 is 1. The highest BCUT2D eigenvalue weighted by molar-refractivity contribution is 6.05. The summed E-state index contributed by atoms with van der Waals surface area (Å²) in [5.41, 5.74) is 1.79. The van der Waals surface area contributed by atoms with Gasteiger partial charge in [-0.1, -0.05) is 24.3 Å². The zero-order chi connectivity index (χ0) is 21.4.